The smallest absolute Gasteiger partial charge is 0.228 e. The highest BCUT2D eigenvalue weighted by Crippen LogP contribution is 2.50. The Balaban J connectivity index is 1.70. The molecule has 0 aliphatic heterocycles. The van der Waals surface area contributed by atoms with Crippen molar-refractivity contribution in [2.45, 2.75) is 19.3 Å². The highest BCUT2D eigenvalue weighted by molar-refractivity contribution is 6.31. The summed E-state index contributed by atoms with van der Waals surface area (Å²) in [6.45, 7) is 1.36. The highest BCUT2D eigenvalue weighted by atomic mass is 35.5. The van der Waals surface area contributed by atoms with E-state index in [-0.39, 0.29) is 29.3 Å². The predicted octanol–water partition coefficient (Wildman–Crippen LogP) is 4.18. The minimum atomic E-state index is -0.549. The Kier molecular flexibility index (Phi) is 4.53. The molecule has 0 aromatic heterocycles. The van der Waals surface area contributed by atoms with Gasteiger partial charge in [-0.3, -0.25) is 9.59 Å². The number of benzene rings is 2. The molecule has 6 heteroatoms. The van der Waals surface area contributed by atoms with Crippen molar-refractivity contribution in [3.63, 3.8) is 0 Å². The van der Waals surface area contributed by atoms with Crippen LogP contribution < -0.4 is 10.6 Å². The largest absolute Gasteiger partial charge is 0.326 e. The van der Waals surface area contributed by atoms with E-state index in [1.165, 1.54) is 25.1 Å². The number of hydrogen-bond donors (Lipinski definition) is 2. The van der Waals surface area contributed by atoms with Crippen LogP contribution in [0.2, 0.25) is 5.02 Å². The van der Waals surface area contributed by atoms with Crippen molar-refractivity contribution in [3.05, 3.63) is 58.9 Å². The summed E-state index contributed by atoms with van der Waals surface area (Å²) in [5.41, 5.74) is 1.42. The predicted molar refractivity (Wildman–Crippen MR) is 91.6 cm³/mol. The summed E-state index contributed by atoms with van der Waals surface area (Å²) in [6, 6.07) is 11.5. The molecule has 0 saturated heterocycles. The van der Waals surface area contributed by atoms with Crippen molar-refractivity contribution in [1.82, 2.24) is 0 Å². The molecule has 2 aromatic rings. The second-order valence-corrected chi connectivity index (χ2v) is 6.24. The maximum Gasteiger partial charge on any atom is 0.228 e. The average molecular weight is 347 g/mol. The summed E-state index contributed by atoms with van der Waals surface area (Å²) in [5, 5.41) is 5.79. The molecule has 2 unspecified atom stereocenters. The third kappa shape index (κ3) is 3.57. The zero-order chi connectivity index (χ0) is 17.3. The van der Waals surface area contributed by atoms with Gasteiger partial charge in [0, 0.05) is 23.6 Å². The lowest BCUT2D eigenvalue weighted by molar-refractivity contribution is -0.117. The summed E-state index contributed by atoms with van der Waals surface area (Å²) in [6.07, 6.45) is 0.683. The lowest BCUT2D eigenvalue weighted by Gasteiger charge is -2.09. The van der Waals surface area contributed by atoms with Crippen molar-refractivity contribution in [2.75, 3.05) is 10.6 Å². The van der Waals surface area contributed by atoms with Gasteiger partial charge in [-0.15, -0.1) is 0 Å². The normalized spacial score (nSPS) is 18.8. The van der Waals surface area contributed by atoms with Crippen LogP contribution in [-0.2, 0) is 9.59 Å². The summed E-state index contributed by atoms with van der Waals surface area (Å²) in [4.78, 5) is 23.4. The maximum atomic E-state index is 13.9. The van der Waals surface area contributed by atoms with Gasteiger partial charge in [-0.1, -0.05) is 29.8 Å². The van der Waals surface area contributed by atoms with Gasteiger partial charge in [-0.2, -0.15) is 0 Å². The van der Waals surface area contributed by atoms with Gasteiger partial charge in [0.25, 0.3) is 0 Å². The van der Waals surface area contributed by atoms with Crippen molar-refractivity contribution in [3.8, 4) is 0 Å². The maximum absolute atomic E-state index is 13.9. The van der Waals surface area contributed by atoms with E-state index in [0.717, 1.165) is 5.56 Å². The number of carbonyl (C=O) groups is 2. The van der Waals surface area contributed by atoms with Crippen LogP contribution in [-0.4, -0.2) is 11.8 Å². The molecule has 4 nitrogen and oxygen atoms in total. The van der Waals surface area contributed by atoms with E-state index < -0.39 is 5.82 Å². The first kappa shape index (κ1) is 16.5. The first-order chi connectivity index (χ1) is 11.5. The van der Waals surface area contributed by atoms with E-state index in [9.17, 15) is 14.0 Å². The number of rotatable bonds is 4. The molecule has 2 atom stereocenters. The van der Waals surface area contributed by atoms with Crippen LogP contribution in [0.1, 0.15) is 24.8 Å². The standard InChI is InChI=1S/C18H16ClFN2O2/c1-10(23)21-11-6-7-16(20)17(8-11)22-18(24)14-9-13(14)12-4-2-3-5-15(12)19/h2-8,13-14H,9H2,1H3,(H,21,23)(H,22,24). The molecule has 0 radical (unpaired) electrons. The molecular weight excluding hydrogens is 331 g/mol. The zero-order valence-corrected chi connectivity index (χ0v) is 13.7. The van der Waals surface area contributed by atoms with Crippen molar-refractivity contribution >= 4 is 34.8 Å². The number of nitrogens with one attached hydrogen (secondary N) is 2. The van der Waals surface area contributed by atoms with Crippen molar-refractivity contribution in [1.29, 1.82) is 0 Å². The summed E-state index contributed by atoms with van der Waals surface area (Å²) in [5.74, 6) is -1.24. The molecule has 0 heterocycles. The molecule has 1 aliphatic rings. The van der Waals surface area contributed by atoms with Gasteiger partial charge >= 0.3 is 0 Å². The van der Waals surface area contributed by atoms with Crippen LogP contribution in [0.25, 0.3) is 0 Å². The van der Waals surface area contributed by atoms with E-state index >= 15 is 0 Å². The summed E-state index contributed by atoms with van der Waals surface area (Å²) < 4.78 is 13.9. The van der Waals surface area contributed by atoms with E-state index in [2.05, 4.69) is 10.6 Å². The minimum Gasteiger partial charge on any atom is -0.326 e. The Morgan fingerprint density at radius 3 is 2.62 bits per heavy atom. The number of anilines is 2. The Morgan fingerprint density at radius 2 is 1.92 bits per heavy atom. The lowest BCUT2D eigenvalue weighted by Crippen LogP contribution is -2.16. The van der Waals surface area contributed by atoms with E-state index in [4.69, 9.17) is 11.6 Å². The Labute approximate surface area is 144 Å². The van der Waals surface area contributed by atoms with Gasteiger partial charge in [-0.05, 0) is 42.2 Å². The summed E-state index contributed by atoms with van der Waals surface area (Å²) >= 11 is 6.15. The first-order valence-electron chi connectivity index (χ1n) is 7.58. The lowest BCUT2D eigenvalue weighted by atomic mass is 10.1. The molecule has 1 saturated carbocycles. The third-order valence-electron chi connectivity index (χ3n) is 3.98. The zero-order valence-electron chi connectivity index (χ0n) is 13.0. The van der Waals surface area contributed by atoms with Gasteiger partial charge in [0.1, 0.15) is 5.82 Å². The quantitative estimate of drug-likeness (QED) is 0.872. The topological polar surface area (TPSA) is 58.2 Å². The highest BCUT2D eigenvalue weighted by Gasteiger charge is 2.44. The van der Waals surface area contributed by atoms with Crippen LogP contribution in [0.5, 0.6) is 0 Å². The Hall–Kier alpha value is -2.40. The molecule has 0 bridgehead atoms. The van der Waals surface area contributed by atoms with Gasteiger partial charge in [0.15, 0.2) is 0 Å². The third-order valence-corrected chi connectivity index (χ3v) is 4.32. The molecule has 3 rings (SSSR count). The fourth-order valence-corrected chi connectivity index (χ4v) is 3.01. The molecule has 1 aliphatic carbocycles. The monoisotopic (exact) mass is 346 g/mol. The van der Waals surface area contributed by atoms with E-state index in [1.807, 2.05) is 18.2 Å². The fraction of sp³-hybridized carbons (Fsp3) is 0.222. The van der Waals surface area contributed by atoms with Crippen LogP contribution >= 0.6 is 11.6 Å². The molecule has 0 spiro atoms. The molecule has 24 heavy (non-hydrogen) atoms. The van der Waals surface area contributed by atoms with Crippen LogP contribution in [0, 0.1) is 11.7 Å². The number of halogens is 2. The number of hydrogen-bond acceptors (Lipinski definition) is 2. The Bertz CT molecular complexity index is 809. The van der Waals surface area contributed by atoms with Crippen LogP contribution in [0.3, 0.4) is 0 Å². The molecule has 2 amide bonds. The average Bonchev–Trinajstić information content (AvgIpc) is 3.31. The molecular formula is C18H16ClFN2O2. The first-order valence-corrected chi connectivity index (χ1v) is 7.96. The SMILES string of the molecule is CC(=O)Nc1ccc(F)c(NC(=O)C2CC2c2ccccc2Cl)c1. The van der Waals surface area contributed by atoms with Crippen LogP contribution in [0.4, 0.5) is 15.8 Å². The molecule has 1 fully saturated rings. The fourth-order valence-electron chi connectivity index (χ4n) is 2.73. The van der Waals surface area contributed by atoms with Crippen molar-refractivity contribution in [2.24, 2.45) is 5.92 Å². The minimum absolute atomic E-state index is 0.0519. The summed E-state index contributed by atoms with van der Waals surface area (Å²) in [7, 11) is 0. The number of amides is 2. The van der Waals surface area contributed by atoms with Crippen molar-refractivity contribution < 1.29 is 14.0 Å². The molecule has 124 valence electrons. The van der Waals surface area contributed by atoms with Gasteiger partial charge in [-0.25, -0.2) is 4.39 Å². The van der Waals surface area contributed by atoms with Gasteiger partial charge in [0.05, 0.1) is 5.69 Å². The second kappa shape index (κ2) is 6.61. The van der Waals surface area contributed by atoms with Crippen LogP contribution in [0.15, 0.2) is 42.5 Å². The molecule has 2 aromatic carbocycles. The van der Waals surface area contributed by atoms with E-state index in [0.29, 0.717) is 17.1 Å². The van der Waals surface area contributed by atoms with Gasteiger partial charge < -0.3 is 10.6 Å². The van der Waals surface area contributed by atoms with Gasteiger partial charge in [0.2, 0.25) is 11.8 Å². The molecule has 2 N–H and O–H groups in total. The Morgan fingerprint density at radius 1 is 1.17 bits per heavy atom. The van der Waals surface area contributed by atoms with E-state index in [1.54, 1.807) is 6.07 Å². The second-order valence-electron chi connectivity index (χ2n) is 5.84. The number of carbonyl (C=O) groups excluding carboxylic acids is 2.